The van der Waals surface area contributed by atoms with Crippen LogP contribution in [-0.4, -0.2) is 23.1 Å². The van der Waals surface area contributed by atoms with Gasteiger partial charge in [0.2, 0.25) is 0 Å². The van der Waals surface area contributed by atoms with Crippen molar-refractivity contribution in [2.24, 2.45) is 0 Å². The summed E-state index contributed by atoms with van der Waals surface area (Å²) in [5.74, 6) is 1.48. The van der Waals surface area contributed by atoms with Crippen molar-refractivity contribution in [3.8, 4) is 0 Å². The fraction of sp³-hybridized carbons (Fsp3) is 0.636. The molecular formula is C11H18N4. The lowest BCUT2D eigenvalue weighted by molar-refractivity contribution is 0.426. The largest absolute Gasteiger partial charge is 0.384 e. The number of rotatable bonds is 2. The first-order valence-corrected chi connectivity index (χ1v) is 5.58. The molecule has 0 radical (unpaired) electrons. The summed E-state index contributed by atoms with van der Waals surface area (Å²) in [4.78, 5) is 10.4. The second-order valence-corrected chi connectivity index (χ2v) is 4.20. The molecule has 0 aliphatic heterocycles. The van der Waals surface area contributed by atoms with Crippen molar-refractivity contribution in [2.45, 2.75) is 38.1 Å². The van der Waals surface area contributed by atoms with E-state index in [1.54, 1.807) is 0 Å². The van der Waals surface area contributed by atoms with E-state index in [1.165, 1.54) is 38.4 Å². The van der Waals surface area contributed by atoms with E-state index in [2.05, 4.69) is 21.9 Å². The van der Waals surface area contributed by atoms with Crippen LogP contribution in [0.5, 0.6) is 0 Å². The molecule has 1 heterocycles. The van der Waals surface area contributed by atoms with Crippen molar-refractivity contribution in [3.63, 3.8) is 0 Å². The predicted molar refractivity (Wildman–Crippen MR) is 61.7 cm³/mol. The van der Waals surface area contributed by atoms with Crippen molar-refractivity contribution >= 4 is 11.6 Å². The minimum absolute atomic E-state index is 0.544. The standard InChI is InChI=1S/C11H18N4/c1-15(9-5-3-2-4-6-9)11-7-10(12)13-8-14-11/h7-9H,2-6H2,1H3,(H2,12,13,14). The van der Waals surface area contributed by atoms with E-state index < -0.39 is 0 Å². The van der Waals surface area contributed by atoms with Crippen molar-refractivity contribution < 1.29 is 0 Å². The highest BCUT2D eigenvalue weighted by molar-refractivity contribution is 5.45. The molecule has 2 rings (SSSR count). The van der Waals surface area contributed by atoms with Crippen molar-refractivity contribution in [3.05, 3.63) is 12.4 Å². The van der Waals surface area contributed by atoms with E-state index in [9.17, 15) is 0 Å². The third kappa shape index (κ3) is 2.37. The summed E-state index contributed by atoms with van der Waals surface area (Å²) in [5, 5.41) is 0. The van der Waals surface area contributed by atoms with E-state index >= 15 is 0 Å². The number of anilines is 2. The van der Waals surface area contributed by atoms with Gasteiger partial charge in [-0.05, 0) is 12.8 Å². The number of aromatic nitrogens is 2. The average molecular weight is 206 g/mol. The first-order valence-electron chi connectivity index (χ1n) is 5.58. The summed E-state index contributed by atoms with van der Waals surface area (Å²) in [5.41, 5.74) is 5.65. The molecule has 1 aromatic heterocycles. The van der Waals surface area contributed by atoms with Crippen LogP contribution in [0.1, 0.15) is 32.1 Å². The van der Waals surface area contributed by atoms with Crippen LogP contribution in [0, 0.1) is 0 Å². The summed E-state index contributed by atoms with van der Waals surface area (Å²) in [7, 11) is 2.10. The molecular weight excluding hydrogens is 188 g/mol. The van der Waals surface area contributed by atoms with Crippen LogP contribution in [0.15, 0.2) is 12.4 Å². The van der Waals surface area contributed by atoms with E-state index in [4.69, 9.17) is 5.73 Å². The van der Waals surface area contributed by atoms with Crippen LogP contribution in [0.4, 0.5) is 11.6 Å². The molecule has 1 fully saturated rings. The summed E-state index contributed by atoms with van der Waals surface area (Å²) in [6, 6.07) is 2.46. The highest BCUT2D eigenvalue weighted by atomic mass is 15.2. The molecule has 4 nitrogen and oxygen atoms in total. The van der Waals surface area contributed by atoms with E-state index in [1.807, 2.05) is 6.07 Å². The molecule has 1 aliphatic carbocycles. The zero-order chi connectivity index (χ0) is 10.7. The van der Waals surface area contributed by atoms with Crippen molar-refractivity contribution in [1.29, 1.82) is 0 Å². The summed E-state index contributed by atoms with van der Waals surface area (Å²) in [6.07, 6.45) is 8.09. The molecule has 1 aliphatic rings. The molecule has 0 spiro atoms. The Balaban J connectivity index is 2.08. The van der Waals surface area contributed by atoms with Crippen LogP contribution in [0.2, 0.25) is 0 Å². The Kier molecular flexibility index (Phi) is 3.04. The first-order chi connectivity index (χ1) is 7.27. The Bertz CT molecular complexity index is 320. The van der Waals surface area contributed by atoms with Gasteiger partial charge in [0, 0.05) is 19.2 Å². The third-order valence-electron chi connectivity index (χ3n) is 3.16. The fourth-order valence-electron chi connectivity index (χ4n) is 2.21. The molecule has 1 saturated carbocycles. The predicted octanol–water partition coefficient (Wildman–Crippen LogP) is 1.83. The Morgan fingerprint density at radius 2 is 2.00 bits per heavy atom. The Labute approximate surface area is 90.5 Å². The van der Waals surface area contributed by atoms with Gasteiger partial charge in [0.15, 0.2) is 0 Å². The molecule has 82 valence electrons. The van der Waals surface area contributed by atoms with Gasteiger partial charge in [-0.1, -0.05) is 19.3 Å². The smallest absolute Gasteiger partial charge is 0.134 e. The maximum atomic E-state index is 5.65. The second-order valence-electron chi connectivity index (χ2n) is 4.20. The first kappa shape index (κ1) is 10.2. The van der Waals surface area contributed by atoms with E-state index in [-0.39, 0.29) is 0 Å². The van der Waals surface area contributed by atoms with E-state index in [0.29, 0.717) is 11.9 Å². The molecule has 0 bridgehead atoms. The number of nitrogens with zero attached hydrogens (tertiary/aromatic N) is 3. The minimum atomic E-state index is 0.544. The lowest BCUT2D eigenvalue weighted by atomic mass is 9.94. The van der Waals surface area contributed by atoms with Gasteiger partial charge in [0.25, 0.3) is 0 Å². The highest BCUT2D eigenvalue weighted by Crippen LogP contribution is 2.24. The molecule has 15 heavy (non-hydrogen) atoms. The van der Waals surface area contributed by atoms with Crippen LogP contribution in [0.25, 0.3) is 0 Å². The quantitative estimate of drug-likeness (QED) is 0.802. The monoisotopic (exact) mass is 206 g/mol. The maximum absolute atomic E-state index is 5.65. The minimum Gasteiger partial charge on any atom is -0.384 e. The van der Waals surface area contributed by atoms with Gasteiger partial charge in [-0.25, -0.2) is 9.97 Å². The topological polar surface area (TPSA) is 55.0 Å². The molecule has 0 unspecified atom stereocenters. The maximum Gasteiger partial charge on any atom is 0.134 e. The molecule has 1 aromatic rings. The molecule has 0 aromatic carbocycles. The lowest BCUT2D eigenvalue weighted by Gasteiger charge is -2.31. The van der Waals surface area contributed by atoms with Gasteiger partial charge in [0.05, 0.1) is 0 Å². The molecule has 0 atom stereocenters. The number of nitrogens with two attached hydrogens (primary N) is 1. The van der Waals surface area contributed by atoms with Gasteiger partial charge in [0.1, 0.15) is 18.0 Å². The SMILES string of the molecule is CN(c1cc(N)ncn1)C1CCCCC1. The van der Waals surface area contributed by atoms with Gasteiger partial charge < -0.3 is 10.6 Å². The summed E-state index contributed by atoms with van der Waals surface area (Å²) >= 11 is 0. The zero-order valence-corrected chi connectivity index (χ0v) is 9.19. The number of hydrogen-bond donors (Lipinski definition) is 1. The normalized spacial score (nSPS) is 17.7. The van der Waals surface area contributed by atoms with Crippen LogP contribution >= 0.6 is 0 Å². The van der Waals surface area contributed by atoms with E-state index in [0.717, 1.165) is 5.82 Å². The fourth-order valence-corrected chi connectivity index (χ4v) is 2.21. The van der Waals surface area contributed by atoms with Crippen molar-refractivity contribution in [2.75, 3.05) is 17.7 Å². The van der Waals surface area contributed by atoms with Crippen molar-refractivity contribution in [1.82, 2.24) is 9.97 Å². The van der Waals surface area contributed by atoms with Crippen LogP contribution < -0.4 is 10.6 Å². The van der Waals surface area contributed by atoms with Crippen LogP contribution in [-0.2, 0) is 0 Å². The lowest BCUT2D eigenvalue weighted by Crippen LogP contribution is -2.33. The Morgan fingerprint density at radius 3 is 2.67 bits per heavy atom. The Hall–Kier alpha value is -1.32. The van der Waals surface area contributed by atoms with Gasteiger partial charge in [-0.15, -0.1) is 0 Å². The molecule has 2 N–H and O–H groups in total. The zero-order valence-electron chi connectivity index (χ0n) is 9.19. The summed E-state index contributed by atoms with van der Waals surface area (Å²) < 4.78 is 0. The van der Waals surface area contributed by atoms with Crippen LogP contribution in [0.3, 0.4) is 0 Å². The summed E-state index contributed by atoms with van der Waals surface area (Å²) in [6.45, 7) is 0. The van der Waals surface area contributed by atoms with Gasteiger partial charge in [-0.2, -0.15) is 0 Å². The number of hydrogen-bond acceptors (Lipinski definition) is 4. The molecule has 0 saturated heterocycles. The highest BCUT2D eigenvalue weighted by Gasteiger charge is 2.19. The van der Waals surface area contributed by atoms with Gasteiger partial charge in [-0.3, -0.25) is 0 Å². The third-order valence-corrected chi connectivity index (χ3v) is 3.16. The molecule has 4 heteroatoms. The molecule has 0 amide bonds. The van der Waals surface area contributed by atoms with Gasteiger partial charge >= 0.3 is 0 Å². The average Bonchev–Trinajstić information content (AvgIpc) is 2.29. The Morgan fingerprint density at radius 1 is 1.27 bits per heavy atom. The second kappa shape index (κ2) is 4.47. The number of nitrogen functional groups attached to an aromatic ring is 1.